The van der Waals surface area contributed by atoms with Crippen LogP contribution in [-0.2, 0) is 0 Å². The molecule has 28 heavy (non-hydrogen) atoms. The molecule has 2 saturated carbocycles. The van der Waals surface area contributed by atoms with Crippen molar-refractivity contribution in [1.29, 1.82) is 0 Å². The van der Waals surface area contributed by atoms with Gasteiger partial charge in [-0.15, -0.1) is 0 Å². The van der Waals surface area contributed by atoms with E-state index in [4.69, 9.17) is 11.6 Å². The molecule has 150 valence electrons. The minimum absolute atomic E-state index is 0.0831. The maximum absolute atomic E-state index is 12.7. The van der Waals surface area contributed by atoms with Crippen LogP contribution < -0.4 is 5.32 Å². The molecular weight excluding hydrogens is 372 g/mol. The second-order valence-electron chi connectivity index (χ2n) is 9.09. The van der Waals surface area contributed by atoms with Gasteiger partial charge in [-0.1, -0.05) is 18.0 Å². The average Bonchev–Trinajstić information content (AvgIpc) is 2.60. The molecule has 2 aromatic rings. The summed E-state index contributed by atoms with van der Waals surface area (Å²) in [5, 5.41) is 15.0. The third-order valence-corrected chi connectivity index (χ3v) is 7.00. The zero-order valence-corrected chi connectivity index (χ0v) is 17.4. The maximum atomic E-state index is 12.7. The summed E-state index contributed by atoms with van der Waals surface area (Å²) in [5.41, 5.74) is 2.02. The topological polar surface area (TPSA) is 62.2 Å². The van der Waals surface area contributed by atoms with Crippen LogP contribution in [0.5, 0.6) is 0 Å². The summed E-state index contributed by atoms with van der Waals surface area (Å²) in [6, 6.07) is 6.08. The van der Waals surface area contributed by atoms with Crippen molar-refractivity contribution >= 4 is 28.4 Å². The number of nitrogens with zero attached hydrogens (tertiary/aromatic N) is 1. The van der Waals surface area contributed by atoms with Crippen molar-refractivity contribution in [2.75, 3.05) is 0 Å². The second-order valence-corrected chi connectivity index (χ2v) is 9.50. The van der Waals surface area contributed by atoms with Crippen LogP contribution in [0.2, 0.25) is 5.02 Å². The van der Waals surface area contributed by atoms with E-state index in [-0.39, 0.29) is 11.9 Å². The number of benzene rings is 1. The molecule has 5 heteroatoms. The molecule has 4 nitrogen and oxygen atoms in total. The number of hydrogen-bond acceptors (Lipinski definition) is 3. The van der Waals surface area contributed by atoms with Crippen molar-refractivity contribution in [2.45, 2.75) is 76.4 Å². The predicted molar refractivity (Wildman–Crippen MR) is 113 cm³/mol. The Morgan fingerprint density at radius 3 is 2.46 bits per heavy atom. The van der Waals surface area contributed by atoms with E-state index >= 15 is 0 Å². The number of carbonyl (C=O) groups excluding carboxylic acids is 1. The number of nitrogens with one attached hydrogen (secondary N) is 1. The quantitative estimate of drug-likeness (QED) is 0.739. The van der Waals surface area contributed by atoms with E-state index in [0.717, 1.165) is 41.6 Å². The molecule has 4 rings (SSSR count). The molecule has 0 saturated heterocycles. The lowest BCUT2D eigenvalue weighted by molar-refractivity contribution is -0.00257. The van der Waals surface area contributed by atoms with Crippen molar-refractivity contribution in [1.82, 2.24) is 10.3 Å². The SMILES string of the molecule is CC(C)(O)C1CCC(NC(=O)c2cnc3cc(C4CCC4)c(Cl)cc3c2)CC1. The average molecular weight is 401 g/mol. The van der Waals surface area contributed by atoms with Gasteiger partial charge in [0.2, 0.25) is 0 Å². The molecular formula is C23H29ClN2O2. The summed E-state index contributed by atoms with van der Waals surface area (Å²) < 4.78 is 0. The Bertz CT molecular complexity index is 878. The maximum Gasteiger partial charge on any atom is 0.253 e. The number of aromatic nitrogens is 1. The van der Waals surface area contributed by atoms with Crippen LogP contribution in [-0.4, -0.2) is 27.6 Å². The summed E-state index contributed by atoms with van der Waals surface area (Å²) in [6.45, 7) is 3.75. The second kappa shape index (κ2) is 7.64. The van der Waals surface area contributed by atoms with Crippen LogP contribution in [0.3, 0.4) is 0 Å². The molecule has 1 heterocycles. The number of carbonyl (C=O) groups is 1. The van der Waals surface area contributed by atoms with Crippen LogP contribution in [0.25, 0.3) is 10.9 Å². The summed E-state index contributed by atoms with van der Waals surface area (Å²) in [6.07, 6.45) is 8.99. The van der Waals surface area contributed by atoms with Gasteiger partial charge in [0, 0.05) is 22.6 Å². The molecule has 0 atom stereocenters. The van der Waals surface area contributed by atoms with Gasteiger partial charge in [-0.2, -0.15) is 0 Å². The van der Waals surface area contributed by atoms with Gasteiger partial charge >= 0.3 is 0 Å². The van der Waals surface area contributed by atoms with Crippen molar-refractivity contribution < 1.29 is 9.90 Å². The first-order valence-corrected chi connectivity index (χ1v) is 10.8. The minimum Gasteiger partial charge on any atom is -0.390 e. The van der Waals surface area contributed by atoms with Gasteiger partial charge in [0.15, 0.2) is 0 Å². The van der Waals surface area contributed by atoms with Crippen molar-refractivity contribution in [3.63, 3.8) is 0 Å². The number of aliphatic hydroxyl groups is 1. The van der Waals surface area contributed by atoms with Crippen LogP contribution in [0, 0.1) is 5.92 Å². The normalized spacial score (nSPS) is 23.4. The van der Waals surface area contributed by atoms with Crippen molar-refractivity contribution in [3.8, 4) is 0 Å². The van der Waals surface area contributed by atoms with E-state index in [1.165, 1.54) is 24.8 Å². The summed E-state index contributed by atoms with van der Waals surface area (Å²) >= 11 is 6.50. The number of pyridine rings is 1. The lowest BCUT2D eigenvalue weighted by Gasteiger charge is -2.36. The van der Waals surface area contributed by atoms with E-state index in [1.807, 2.05) is 26.0 Å². The largest absolute Gasteiger partial charge is 0.390 e. The first kappa shape index (κ1) is 19.7. The smallest absolute Gasteiger partial charge is 0.253 e. The molecule has 2 aliphatic carbocycles. The van der Waals surface area contributed by atoms with E-state index in [1.54, 1.807) is 6.20 Å². The Hall–Kier alpha value is -1.65. The zero-order valence-electron chi connectivity index (χ0n) is 16.7. The Kier molecular flexibility index (Phi) is 5.36. The fraction of sp³-hybridized carbons (Fsp3) is 0.565. The van der Waals surface area contributed by atoms with Gasteiger partial charge in [-0.3, -0.25) is 9.78 Å². The van der Waals surface area contributed by atoms with Crippen molar-refractivity contribution in [2.24, 2.45) is 5.92 Å². The molecule has 2 fully saturated rings. The predicted octanol–water partition coefficient (Wildman–Crippen LogP) is 5.22. The number of hydrogen-bond donors (Lipinski definition) is 2. The highest BCUT2D eigenvalue weighted by Gasteiger charge is 2.32. The third-order valence-electron chi connectivity index (χ3n) is 6.67. The first-order chi connectivity index (χ1) is 13.3. The van der Waals surface area contributed by atoms with Crippen LogP contribution in [0.15, 0.2) is 24.4 Å². The lowest BCUT2D eigenvalue weighted by atomic mass is 9.77. The van der Waals surface area contributed by atoms with Gasteiger partial charge in [0.1, 0.15) is 0 Å². The van der Waals surface area contributed by atoms with Crippen LogP contribution >= 0.6 is 11.6 Å². The van der Waals surface area contributed by atoms with E-state index < -0.39 is 5.60 Å². The van der Waals surface area contributed by atoms with E-state index in [9.17, 15) is 9.90 Å². The highest BCUT2D eigenvalue weighted by atomic mass is 35.5. The van der Waals surface area contributed by atoms with Gasteiger partial charge in [0.05, 0.1) is 16.7 Å². The van der Waals surface area contributed by atoms with Gasteiger partial charge in [-0.05, 0) is 88.0 Å². The number of fused-ring (bicyclic) bond motifs is 1. The number of amides is 1. The monoisotopic (exact) mass is 400 g/mol. The van der Waals surface area contributed by atoms with E-state index in [2.05, 4.69) is 16.4 Å². The Morgan fingerprint density at radius 2 is 1.86 bits per heavy atom. The zero-order chi connectivity index (χ0) is 19.9. The number of halogens is 1. The molecule has 1 amide bonds. The summed E-state index contributed by atoms with van der Waals surface area (Å²) in [7, 11) is 0. The molecule has 0 unspecified atom stereocenters. The Morgan fingerprint density at radius 1 is 1.14 bits per heavy atom. The molecule has 0 aliphatic heterocycles. The Labute approximate surface area is 171 Å². The molecule has 2 aliphatic rings. The molecule has 0 bridgehead atoms. The van der Waals surface area contributed by atoms with Gasteiger partial charge in [0.25, 0.3) is 5.91 Å². The Balaban J connectivity index is 1.44. The molecule has 0 spiro atoms. The lowest BCUT2D eigenvalue weighted by Crippen LogP contribution is -2.41. The van der Waals surface area contributed by atoms with Crippen LogP contribution in [0.1, 0.15) is 80.6 Å². The fourth-order valence-corrected chi connectivity index (χ4v) is 4.86. The highest BCUT2D eigenvalue weighted by molar-refractivity contribution is 6.32. The third kappa shape index (κ3) is 4.04. The summed E-state index contributed by atoms with van der Waals surface area (Å²) in [5.74, 6) is 0.774. The molecule has 2 N–H and O–H groups in total. The number of rotatable bonds is 4. The van der Waals surface area contributed by atoms with Gasteiger partial charge < -0.3 is 10.4 Å². The molecule has 1 aromatic heterocycles. The van der Waals surface area contributed by atoms with Gasteiger partial charge in [-0.25, -0.2) is 0 Å². The molecule has 0 radical (unpaired) electrons. The van der Waals surface area contributed by atoms with Crippen molar-refractivity contribution in [3.05, 3.63) is 40.5 Å². The van der Waals surface area contributed by atoms with Crippen LogP contribution in [0.4, 0.5) is 0 Å². The minimum atomic E-state index is -0.644. The summed E-state index contributed by atoms with van der Waals surface area (Å²) in [4.78, 5) is 17.2. The molecule has 1 aromatic carbocycles. The highest BCUT2D eigenvalue weighted by Crippen LogP contribution is 2.41. The first-order valence-electron chi connectivity index (χ1n) is 10.4. The fourth-order valence-electron chi connectivity index (χ4n) is 4.53. The van der Waals surface area contributed by atoms with E-state index in [0.29, 0.717) is 17.4 Å². The standard InChI is InChI=1S/C23H29ClN2O2/c1-23(2,28)17-6-8-18(9-7-17)26-22(27)16-10-15-11-20(24)19(14-4-3-5-14)12-21(15)25-13-16/h10-14,17-18,28H,3-9H2,1-2H3,(H,26,27).